The van der Waals surface area contributed by atoms with Crippen molar-refractivity contribution in [2.45, 2.75) is 6.42 Å². The van der Waals surface area contributed by atoms with Crippen molar-refractivity contribution in [1.82, 2.24) is 0 Å². The van der Waals surface area contributed by atoms with Crippen LogP contribution in [-0.2, 0) is 19.4 Å². The van der Waals surface area contributed by atoms with Gasteiger partial charge >= 0.3 is 52.2 Å². The zero-order chi connectivity index (χ0) is 5.11. The normalized spacial score (nSPS) is 17.0. The molecular weight excluding hydrogens is 122 g/mol. The Morgan fingerprint density at radius 3 is 2.86 bits per heavy atom. The number of hydrogen-bond acceptors (Lipinski definition) is 1. The van der Waals surface area contributed by atoms with E-state index in [0.29, 0.717) is 0 Å². The third-order valence-electron chi connectivity index (χ3n) is 0.957. The third-order valence-corrected chi connectivity index (χ3v) is 2.11. The Kier molecular flexibility index (Phi) is 1.86. The van der Waals surface area contributed by atoms with Gasteiger partial charge in [-0.3, -0.25) is 0 Å². The van der Waals surface area contributed by atoms with E-state index < -0.39 is 0 Å². The Bertz CT molecular complexity index is 115. The average molecular weight is 129 g/mol. The van der Waals surface area contributed by atoms with Crippen molar-refractivity contribution in [3.63, 3.8) is 0 Å². The number of hydrogen-bond donors (Lipinski definition) is 1. The zero-order valence-corrected chi connectivity index (χ0v) is 5.58. The molecule has 0 unspecified atom stereocenters. The Morgan fingerprint density at radius 2 is 2.57 bits per heavy atom. The third kappa shape index (κ3) is 1.27. The fraction of sp³-hybridized carbons (Fsp3) is 0.200. The minimum absolute atomic E-state index is 0.208. The summed E-state index contributed by atoms with van der Waals surface area (Å²) in [6, 6.07) is 0. The van der Waals surface area contributed by atoms with Crippen molar-refractivity contribution < 1.29 is 19.4 Å². The van der Waals surface area contributed by atoms with Gasteiger partial charge in [-0.25, -0.2) is 0 Å². The van der Waals surface area contributed by atoms with Crippen LogP contribution in [0.3, 0.4) is 0 Å². The van der Waals surface area contributed by atoms with E-state index in [9.17, 15) is 0 Å². The van der Waals surface area contributed by atoms with Crippen LogP contribution in [0.15, 0.2) is 22.1 Å². The molecule has 0 aromatic carbocycles. The predicted molar refractivity (Wildman–Crippen MR) is 26.0 cm³/mol. The first-order valence-electron chi connectivity index (χ1n) is 2.26. The van der Waals surface area contributed by atoms with Gasteiger partial charge in [0.15, 0.2) is 0 Å². The van der Waals surface area contributed by atoms with Crippen LogP contribution in [-0.4, -0.2) is 0 Å². The van der Waals surface area contributed by atoms with E-state index in [-0.39, 0.29) is 19.4 Å². The van der Waals surface area contributed by atoms with Gasteiger partial charge < -0.3 is 0 Å². The number of allylic oxidation sites excluding steroid dienone is 4. The molecule has 0 aliphatic heterocycles. The van der Waals surface area contributed by atoms with Crippen LogP contribution in [0.5, 0.6) is 0 Å². The molecule has 7 heavy (non-hydrogen) atoms. The first-order valence-corrected chi connectivity index (χ1v) is 3.94. The molecule has 0 fully saturated rings. The van der Waals surface area contributed by atoms with Crippen LogP contribution in [0.25, 0.3) is 0 Å². The van der Waals surface area contributed by atoms with Crippen LogP contribution in [0, 0.1) is 0 Å². The summed E-state index contributed by atoms with van der Waals surface area (Å²) in [7, 11) is 0. The molecular formula is C5H7NTi. The first kappa shape index (κ1) is 5.29. The van der Waals surface area contributed by atoms with Crippen LogP contribution in [0.2, 0.25) is 0 Å². The molecule has 0 aromatic heterocycles. The molecule has 0 amide bonds. The van der Waals surface area contributed by atoms with Gasteiger partial charge in [0.25, 0.3) is 0 Å². The van der Waals surface area contributed by atoms with Crippen molar-refractivity contribution >= 4 is 0 Å². The van der Waals surface area contributed by atoms with Gasteiger partial charge in [-0.05, 0) is 0 Å². The SMILES string of the molecule is [NH2][Ti][C]1=CC=CC1. The summed E-state index contributed by atoms with van der Waals surface area (Å²) in [5.74, 6) is 0. The molecule has 0 bridgehead atoms. The van der Waals surface area contributed by atoms with Crippen molar-refractivity contribution in [2.75, 3.05) is 0 Å². The fourth-order valence-corrected chi connectivity index (χ4v) is 1.22. The summed E-state index contributed by atoms with van der Waals surface area (Å²) >= 11 is -0.208. The van der Waals surface area contributed by atoms with E-state index in [2.05, 4.69) is 18.2 Å². The molecule has 1 rings (SSSR count). The van der Waals surface area contributed by atoms with Gasteiger partial charge in [-0.1, -0.05) is 0 Å². The van der Waals surface area contributed by atoms with E-state index >= 15 is 0 Å². The molecule has 0 heterocycles. The van der Waals surface area contributed by atoms with Gasteiger partial charge in [0.1, 0.15) is 0 Å². The molecule has 0 radical (unpaired) electrons. The van der Waals surface area contributed by atoms with Crippen molar-refractivity contribution in [2.24, 2.45) is 4.22 Å². The van der Waals surface area contributed by atoms with E-state index in [0.717, 1.165) is 6.42 Å². The Hall–Kier alpha value is 0.154. The summed E-state index contributed by atoms with van der Waals surface area (Å²) in [5, 5.41) is 0. The van der Waals surface area contributed by atoms with Gasteiger partial charge in [0.2, 0.25) is 0 Å². The molecule has 1 aliphatic rings. The summed E-state index contributed by atoms with van der Waals surface area (Å²) in [6.45, 7) is 0. The Balaban J connectivity index is 2.45. The van der Waals surface area contributed by atoms with Gasteiger partial charge in [0.05, 0.1) is 0 Å². The van der Waals surface area contributed by atoms with E-state index in [1.807, 2.05) is 0 Å². The second kappa shape index (κ2) is 2.46. The summed E-state index contributed by atoms with van der Waals surface area (Å²) in [6.07, 6.45) is 7.47. The maximum atomic E-state index is 5.45. The molecule has 0 aromatic rings. The molecule has 0 spiro atoms. The van der Waals surface area contributed by atoms with E-state index in [4.69, 9.17) is 4.22 Å². The van der Waals surface area contributed by atoms with E-state index in [1.54, 1.807) is 0 Å². The molecule has 1 aliphatic carbocycles. The summed E-state index contributed by atoms with van der Waals surface area (Å²) < 4.78 is 6.91. The van der Waals surface area contributed by atoms with Crippen LogP contribution in [0.4, 0.5) is 0 Å². The molecule has 36 valence electrons. The zero-order valence-electron chi connectivity index (χ0n) is 4.02. The Morgan fingerprint density at radius 1 is 1.71 bits per heavy atom. The molecule has 1 nitrogen and oxygen atoms in total. The molecule has 0 atom stereocenters. The quantitative estimate of drug-likeness (QED) is 0.520. The predicted octanol–water partition coefficient (Wildman–Crippen LogP) is 0.786. The fourth-order valence-electron chi connectivity index (χ4n) is 0.554. The number of nitrogens with two attached hydrogens (primary N) is 1. The molecule has 0 saturated carbocycles. The van der Waals surface area contributed by atoms with Crippen LogP contribution in [0.1, 0.15) is 6.42 Å². The van der Waals surface area contributed by atoms with Gasteiger partial charge in [-0.15, -0.1) is 0 Å². The first-order chi connectivity index (χ1) is 3.43. The molecule has 2 N–H and O–H groups in total. The van der Waals surface area contributed by atoms with Crippen LogP contribution >= 0.6 is 0 Å². The maximum absolute atomic E-state index is 5.45. The van der Waals surface area contributed by atoms with Gasteiger partial charge in [0, 0.05) is 0 Å². The van der Waals surface area contributed by atoms with E-state index in [1.165, 1.54) is 3.88 Å². The summed E-state index contributed by atoms with van der Waals surface area (Å²) in [4.78, 5) is 0. The monoisotopic (exact) mass is 129 g/mol. The standard InChI is InChI=1S/C5H5.H2N.Ti/c1-2-4-5-3-1;;/h1-3H,4H2;1H2;/q;-1;+1. The Labute approximate surface area is 52.5 Å². The van der Waals surface area contributed by atoms with Gasteiger partial charge in [-0.2, -0.15) is 0 Å². The second-order valence-corrected chi connectivity index (χ2v) is 2.92. The van der Waals surface area contributed by atoms with Crippen molar-refractivity contribution in [3.05, 3.63) is 22.1 Å². The molecule has 2 heteroatoms. The van der Waals surface area contributed by atoms with Crippen molar-refractivity contribution in [1.29, 1.82) is 0 Å². The summed E-state index contributed by atoms with van der Waals surface area (Å²) in [5.41, 5.74) is 0. The second-order valence-electron chi connectivity index (χ2n) is 1.47. The topological polar surface area (TPSA) is 26.0 Å². The molecule has 0 saturated heterocycles. The van der Waals surface area contributed by atoms with Crippen LogP contribution < -0.4 is 4.22 Å². The average Bonchev–Trinajstić information content (AvgIpc) is 2.14. The minimum atomic E-state index is -0.208. The van der Waals surface area contributed by atoms with Crippen molar-refractivity contribution in [3.8, 4) is 0 Å². The number of rotatable bonds is 1.